The van der Waals surface area contributed by atoms with E-state index in [-0.39, 0.29) is 6.04 Å². The quantitative estimate of drug-likeness (QED) is 0.496. The Morgan fingerprint density at radius 2 is 1.77 bits per heavy atom. The van der Waals surface area contributed by atoms with Gasteiger partial charge >= 0.3 is 0 Å². The normalized spacial score (nSPS) is 12.1. The van der Waals surface area contributed by atoms with Crippen LogP contribution in [0.15, 0.2) is 73.1 Å². The SMILES string of the molecule is COc1ccc([C@H](CNc2nc(-c3cccnc3)nc3ccccc23)N(C)C)cc1. The molecule has 0 aliphatic heterocycles. The van der Waals surface area contributed by atoms with Crippen LogP contribution in [0.2, 0.25) is 0 Å². The molecule has 0 bridgehead atoms. The number of anilines is 1. The first-order chi connectivity index (χ1) is 14.7. The highest BCUT2D eigenvalue weighted by atomic mass is 16.5. The van der Waals surface area contributed by atoms with Gasteiger partial charge in [-0.25, -0.2) is 9.97 Å². The van der Waals surface area contributed by atoms with Crippen molar-refractivity contribution in [3.05, 3.63) is 78.6 Å². The Morgan fingerprint density at radius 3 is 2.47 bits per heavy atom. The number of methoxy groups -OCH3 is 1. The average Bonchev–Trinajstić information content (AvgIpc) is 2.79. The van der Waals surface area contributed by atoms with Gasteiger partial charge < -0.3 is 15.0 Å². The fourth-order valence-electron chi connectivity index (χ4n) is 3.45. The minimum atomic E-state index is 0.173. The van der Waals surface area contributed by atoms with E-state index in [4.69, 9.17) is 14.7 Å². The number of likely N-dealkylation sites (N-methyl/N-ethyl adjacent to an activating group) is 1. The first kappa shape index (κ1) is 19.8. The maximum Gasteiger partial charge on any atom is 0.163 e. The second-order valence-electron chi connectivity index (χ2n) is 7.29. The van der Waals surface area contributed by atoms with Crippen LogP contribution in [0.4, 0.5) is 5.82 Å². The van der Waals surface area contributed by atoms with Gasteiger partial charge in [-0.05, 0) is 56.1 Å². The van der Waals surface area contributed by atoms with Crippen LogP contribution in [0.3, 0.4) is 0 Å². The van der Waals surface area contributed by atoms with Crippen molar-refractivity contribution in [3.63, 3.8) is 0 Å². The predicted octanol–water partition coefficient (Wildman–Crippen LogP) is 4.42. The molecule has 0 aliphatic carbocycles. The van der Waals surface area contributed by atoms with Crippen LogP contribution in [-0.4, -0.2) is 47.6 Å². The van der Waals surface area contributed by atoms with Crippen molar-refractivity contribution in [2.75, 3.05) is 33.1 Å². The Balaban J connectivity index is 1.66. The number of hydrogen-bond acceptors (Lipinski definition) is 6. The van der Waals surface area contributed by atoms with Gasteiger partial charge in [0, 0.05) is 29.9 Å². The first-order valence-electron chi connectivity index (χ1n) is 9.87. The van der Waals surface area contributed by atoms with Crippen molar-refractivity contribution in [1.29, 1.82) is 0 Å². The number of nitrogens with one attached hydrogen (secondary N) is 1. The zero-order chi connectivity index (χ0) is 20.9. The summed E-state index contributed by atoms with van der Waals surface area (Å²) in [5.41, 5.74) is 3.00. The molecule has 1 atom stereocenters. The summed E-state index contributed by atoms with van der Waals surface area (Å²) in [5.74, 6) is 2.34. The smallest absolute Gasteiger partial charge is 0.163 e. The molecule has 0 radical (unpaired) electrons. The summed E-state index contributed by atoms with van der Waals surface area (Å²) >= 11 is 0. The second kappa shape index (κ2) is 8.88. The van der Waals surface area contributed by atoms with Crippen LogP contribution >= 0.6 is 0 Å². The third-order valence-corrected chi connectivity index (χ3v) is 5.11. The summed E-state index contributed by atoms with van der Waals surface area (Å²) < 4.78 is 5.29. The molecule has 0 fully saturated rings. The van der Waals surface area contributed by atoms with E-state index in [1.54, 1.807) is 19.5 Å². The number of hydrogen-bond donors (Lipinski definition) is 1. The number of fused-ring (bicyclic) bond motifs is 1. The lowest BCUT2D eigenvalue weighted by Crippen LogP contribution is -2.27. The van der Waals surface area contributed by atoms with Crippen LogP contribution in [0.1, 0.15) is 11.6 Å². The first-order valence-corrected chi connectivity index (χ1v) is 9.87. The molecule has 4 aromatic rings. The molecule has 152 valence electrons. The van der Waals surface area contributed by atoms with E-state index in [9.17, 15) is 0 Å². The van der Waals surface area contributed by atoms with E-state index >= 15 is 0 Å². The third-order valence-electron chi connectivity index (χ3n) is 5.11. The molecule has 1 N–H and O–H groups in total. The Bertz CT molecular complexity index is 1110. The van der Waals surface area contributed by atoms with Gasteiger partial charge in [0.2, 0.25) is 0 Å². The van der Waals surface area contributed by atoms with Crippen LogP contribution in [-0.2, 0) is 0 Å². The number of aromatic nitrogens is 3. The summed E-state index contributed by atoms with van der Waals surface area (Å²) in [6, 6.07) is 20.3. The molecule has 0 saturated heterocycles. The molecule has 0 aliphatic rings. The summed E-state index contributed by atoms with van der Waals surface area (Å²) in [5, 5.41) is 4.56. The maximum absolute atomic E-state index is 5.29. The number of pyridine rings is 1. The summed E-state index contributed by atoms with van der Waals surface area (Å²) in [4.78, 5) is 16.0. The highest BCUT2D eigenvalue weighted by molar-refractivity contribution is 5.90. The second-order valence-corrected chi connectivity index (χ2v) is 7.29. The average molecular weight is 399 g/mol. The fraction of sp³-hybridized carbons (Fsp3) is 0.208. The lowest BCUT2D eigenvalue weighted by atomic mass is 10.1. The van der Waals surface area contributed by atoms with Crippen molar-refractivity contribution in [3.8, 4) is 17.1 Å². The number of para-hydroxylation sites is 1. The van der Waals surface area contributed by atoms with Crippen LogP contribution in [0.25, 0.3) is 22.3 Å². The Morgan fingerprint density at radius 1 is 0.967 bits per heavy atom. The molecule has 2 heterocycles. The molecule has 0 amide bonds. The molecular weight excluding hydrogens is 374 g/mol. The van der Waals surface area contributed by atoms with Crippen molar-refractivity contribution >= 4 is 16.7 Å². The predicted molar refractivity (Wildman–Crippen MR) is 121 cm³/mol. The van der Waals surface area contributed by atoms with Crippen molar-refractivity contribution in [2.24, 2.45) is 0 Å². The Labute approximate surface area is 176 Å². The highest BCUT2D eigenvalue weighted by Gasteiger charge is 2.16. The standard InChI is InChI=1S/C24H25N5O/c1-29(2)22(17-10-12-19(30-3)13-11-17)16-26-24-20-8-4-5-9-21(20)27-23(28-24)18-7-6-14-25-15-18/h4-15,22H,16H2,1-3H3,(H,26,27,28)/t22-/m0/s1. The molecule has 0 saturated carbocycles. The molecule has 4 rings (SSSR count). The van der Waals surface area contributed by atoms with E-state index < -0.39 is 0 Å². The molecule has 2 aromatic carbocycles. The molecule has 30 heavy (non-hydrogen) atoms. The summed E-state index contributed by atoms with van der Waals surface area (Å²) in [6.07, 6.45) is 3.54. The van der Waals surface area contributed by atoms with Gasteiger partial charge in [-0.2, -0.15) is 0 Å². The van der Waals surface area contributed by atoms with E-state index in [0.29, 0.717) is 12.4 Å². The summed E-state index contributed by atoms with van der Waals surface area (Å²) in [6.45, 7) is 0.701. The van der Waals surface area contributed by atoms with Crippen molar-refractivity contribution in [2.45, 2.75) is 6.04 Å². The third kappa shape index (κ3) is 4.23. The maximum atomic E-state index is 5.29. The molecular formula is C24H25N5O. The molecule has 0 spiro atoms. The van der Waals surface area contributed by atoms with Crippen LogP contribution in [0, 0.1) is 0 Å². The van der Waals surface area contributed by atoms with E-state index in [2.05, 4.69) is 41.4 Å². The van der Waals surface area contributed by atoms with Gasteiger partial charge in [0.25, 0.3) is 0 Å². The van der Waals surface area contributed by atoms with Crippen LogP contribution in [0.5, 0.6) is 5.75 Å². The minimum absolute atomic E-state index is 0.173. The van der Waals surface area contributed by atoms with Crippen molar-refractivity contribution in [1.82, 2.24) is 19.9 Å². The number of rotatable bonds is 7. The number of ether oxygens (including phenoxy) is 1. The molecule has 6 heteroatoms. The topological polar surface area (TPSA) is 63.2 Å². The zero-order valence-electron chi connectivity index (χ0n) is 17.4. The van der Waals surface area contributed by atoms with Gasteiger partial charge in [0.05, 0.1) is 18.7 Å². The van der Waals surface area contributed by atoms with Gasteiger partial charge in [0.1, 0.15) is 11.6 Å². The number of benzene rings is 2. The van der Waals surface area contributed by atoms with Gasteiger partial charge in [-0.15, -0.1) is 0 Å². The molecule has 2 aromatic heterocycles. The highest BCUT2D eigenvalue weighted by Crippen LogP contribution is 2.26. The lowest BCUT2D eigenvalue weighted by molar-refractivity contribution is 0.311. The fourth-order valence-corrected chi connectivity index (χ4v) is 3.45. The van der Waals surface area contributed by atoms with E-state index in [1.165, 1.54) is 5.56 Å². The molecule has 6 nitrogen and oxygen atoms in total. The lowest BCUT2D eigenvalue weighted by Gasteiger charge is -2.26. The van der Waals surface area contributed by atoms with Gasteiger partial charge in [0.15, 0.2) is 5.82 Å². The Hall–Kier alpha value is -3.51. The minimum Gasteiger partial charge on any atom is -0.497 e. The van der Waals surface area contributed by atoms with Crippen LogP contribution < -0.4 is 10.1 Å². The number of nitrogens with zero attached hydrogens (tertiary/aromatic N) is 4. The van der Waals surface area contributed by atoms with Gasteiger partial charge in [-0.1, -0.05) is 24.3 Å². The largest absolute Gasteiger partial charge is 0.497 e. The van der Waals surface area contributed by atoms with E-state index in [1.807, 2.05) is 48.5 Å². The zero-order valence-corrected chi connectivity index (χ0v) is 17.4. The summed E-state index contributed by atoms with van der Waals surface area (Å²) in [7, 11) is 5.84. The monoisotopic (exact) mass is 399 g/mol. The van der Waals surface area contributed by atoms with Gasteiger partial charge in [-0.3, -0.25) is 4.98 Å². The Kier molecular flexibility index (Phi) is 5.86. The van der Waals surface area contributed by atoms with Crippen molar-refractivity contribution < 1.29 is 4.74 Å². The molecule has 0 unspecified atom stereocenters. The van der Waals surface area contributed by atoms with E-state index in [0.717, 1.165) is 28.0 Å².